The predicted octanol–water partition coefficient (Wildman–Crippen LogP) is -1.23. The Morgan fingerprint density at radius 3 is 3.00 bits per heavy atom. The van der Waals surface area contributed by atoms with E-state index in [4.69, 9.17) is 20.3 Å². The first-order chi connectivity index (χ1) is 5.20. The fourth-order valence-electron chi connectivity index (χ4n) is 1.40. The third-order valence-corrected chi connectivity index (χ3v) is 2.14. The Balaban J connectivity index is 2.16. The van der Waals surface area contributed by atoms with E-state index in [1.165, 1.54) is 0 Å². The van der Waals surface area contributed by atoms with Gasteiger partial charge in [0.25, 0.3) is 0 Å². The Morgan fingerprint density at radius 1 is 1.55 bits per heavy atom. The number of rotatable bonds is 0. The molecule has 0 spiro atoms. The first-order valence-corrected chi connectivity index (χ1v) is 3.55. The van der Waals surface area contributed by atoms with Gasteiger partial charge in [0, 0.05) is 0 Å². The van der Waals surface area contributed by atoms with E-state index < -0.39 is 24.6 Å². The van der Waals surface area contributed by atoms with Crippen molar-refractivity contribution >= 4 is 0 Å². The average Bonchev–Trinajstić information content (AvgIpc) is 2.44. The minimum atomic E-state index is -1.51. The third-order valence-electron chi connectivity index (χ3n) is 2.14. The van der Waals surface area contributed by atoms with Crippen molar-refractivity contribution in [3.8, 4) is 0 Å². The summed E-state index contributed by atoms with van der Waals surface area (Å²) in [6.07, 6.45) is -3.92. The topological polar surface area (TPSA) is 64.7 Å². The summed E-state index contributed by atoms with van der Waals surface area (Å²) in [5.74, 6) is 0. The highest BCUT2D eigenvalue weighted by molar-refractivity contribution is 4.95. The number of aliphatic hydroxyl groups excluding tert-OH is 1. The SMILES string of the molecule is NC1C2COC(O2)C(F)C1O. The van der Waals surface area contributed by atoms with E-state index in [1.807, 2.05) is 0 Å². The molecular weight excluding hydrogens is 153 g/mol. The van der Waals surface area contributed by atoms with Crippen molar-refractivity contribution in [1.29, 1.82) is 0 Å². The van der Waals surface area contributed by atoms with Crippen molar-refractivity contribution in [1.82, 2.24) is 0 Å². The minimum Gasteiger partial charge on any atom is -0.388 e. The highest BCUT2D eigenvalue weighted by atomic mass is 19.1. The number of fused-ring (bicyclic) bond motifs is 2. The molecule has 0 saturated carbocycles. The Hall–Kier alpha value is -0.230. The van der Waals surface area contributed by atoms with Crippen LogP contribution in [0.1, 0.15) is 0 Å². The van der Waals surface area contributed by atoms with Gasteiger partial charge < -0.3 is 20.3 Å². The molecule has 2 aliphatic heterocycles. The summed E-state index contributed by atoms with van der Waals surface area (Å²) in [5.41, 5.74) is 5.46. The molecule has 2 fully saturated rings. The molecule has 0 radical (unpaired) electrons. The molecule has 64 valence electrons. The van der Waals surface area contributed by atoms with Crippen molar-refractivity contribution in [2.24, 2.45) is 5.73 Å². The first-order valence-electron chi connectivity index (χ1n) is 3.55. The van der Waals surface area contributed by atoms with E-state index in [2.05, 4.69) is 0 Å². The number of halogens is 1. The lowest BCUT2D eigenvalue weighted by Crippen LogP contribution is -2.56. The zero-order valence-electron chi connectivity index (χ0n) is 5.81. The zero-order chi connectivity index (χ0) is 8.01. The number of hydrogen-bond acceptors (Lipinski definition) is 4. The lowest BCUT2D eigenvalue weighted by atomic mass is 10.0. The molecule has 0 aromatic carbocycles. The van der Waals surface area contributed by atoms with Crippen LogP contribution in [0.5, 0.6) is 0 Å². The monoisotopic (exact) mass is 163 g/mol. The molecule has 0 amide bonds. The number of alkyl halides is 1. The van der Waals surface area contributed by atoms with Crippen LogP contribution in [0.2, 0.25) is 0 Å². The maximum absolute atomic E-state index is 12.9. The van der Waals surface area contributed by atoms with Crippen molar-refractivity contribution in [2.45, 2.75) is 30.7 Å². The van der Waals surface area contributed by atoms with Gasteiger partial charge in [-0.1, -0.05) is 0 Å². The highest BCUT2D eigenvalue weighted by Crippen LogP contribution is 2.28. The van der Waals surface area contributed by atoms with Gasteiger partial charge in [-0.3, -0.25) is 0 Å². The van der Waals surface area contributed by atoms with Crippen LogP contribution in [-0.2, 0) is 9.47 Å². The average molecular weight is 163 g/mol. The van der Waals surface area contributed by atoms with Crippen LogP contribution in [0.15, 0.2) is 0 Å². The second-order valence-electron chi connectivity index (χ2n) is 2.89. The van der Waals surface area contributed by atoms with Crippen LogP contribution in [-0.4, -0.2) is 42.4 Å². The molecule has 3 N–H and O–H groups in total. The van der Waals surface area contributed by atoms with Gasteiger partial charge in [-0.15, -0.1) is 0 Å². The molecule has 11 heavy (non-hydrogen) atoms. The fourth-order valence-corrected chi connectivity index (χ4v) is 1.40. The largest absolute Gasteiger partial charge is 0.388 e. The molecule has 5 unspecified atom stereocenters. The first kappa shape index (κ1) is 7.42. The minimum absolute atomic E-state index is 0.281. The van der Waals surface area contributed by atoms with Crippen LogP contribution < -0.4 is 5.73 Å². The third kappa shape index (κ3) is 0.961. The molecule has 2 heterocycles. The van der Waals surface area contributed by atoms with Crippen LogP contribution in [0.4, 0.5) is 4.39 Å². The summed E-state index contributed by atoms with van der Waals surface area (Å²) < 4.78 is 22.8. The summed E-state index contributed by atoms with van der Waals surface area (Å²) in [4.78, 5) is 0. The molecule has 2 rings (SSSR count). The Morgan fingerprint density at radius 2 is 2.27 bits per heavy atom. The standard InChI is InChI=1S/C6H10FNO3/c7-3-5(9)4(8)2-1-10-6(3)11-2/h2-6,9H,1,8H2. The number of ether oxygens (including phenoxy) is 2. The Labute approximate surface area is 63.1 Å². The van der Waals surface area contributed by atoms with Crippen molar-refractivity contribution in [3.05, 3.63) is 0 Å². The van der Waals surface area contributed by atoms with E-state index in [9.17, 15) is 4.39 Å². The smallest absolute Gasteiger partial charge is 0.192 e. The quantitative estimate of drug-likeness (QED) is 0.469. The number of hydrogen-bond donors (Lipinski definition) is 2. The summed E-state index contributed by atoms with van der Waals surface area (Å²) in [6.45, 7) is 0.281. The molecule has 2 bridgehead atoms. The zero-order valence-corrected chi connectivity index (χ0v) is 5.81. The van der Waals surface area contributed by atoms with Gasteiger partial charge in [-0.05, 0) is 0 Å². The number of nitrogens with two attached hydrogens (primary N) is 1. The van der Waals surface area contributed by atoms with Gasteiger partial charge >= 0.3 is 0 Å². The Kier molecular flexibility index (Phi) is 1.61. The molecular formula is C6H10FNO3. The van der Waals surface area contributed by atoms with E-state index in [0.717, 1.165) is 0 Å². The lowest BCUT2D eigenvalue weighted by Gasteiger charge is -2.31. The molecule has 2 saturated heterocycles. The lowest BCUT2D eigenvalue weighted by molar-refractivity contribution is -0.173. The Bertz CT molecular complexity index is 148. The van der Waals surface area contributed by atoms with Crippen LogP contribution in [0.25, 0.3) is 0 Å². The molecule has 0 aliphatic carbocycles. The summed E-state index contributed by atoms with van der Waals surface area (Å²) in [7, 11) is 0. The molecule has 2 aliphatic rings. The molecule has 5 atom stereocenters. The van der Waals surface area contributed by atoms with E-state index >= 15 is 0 Å². The van der Waals surface area contributed by atoms with Crippen LogP contribution in [0, 0.1) is 0 Å². The molecule has 0 aromatic rings. The molecule has 0 aromatic heterocycles. The van der Waals surface area contributed by atoms with Gasteiger partial charge in [0.05, 0.1) is 12.6 Å². The van der Waals surface area contributed by atoms with E-state index in [-0.39, 0.29) is 12.7 Å². The normalized spacial score (nSPS) is 56.5. The predicted molar refractivity (Wildman–Crippen MR) is 33.5 cm³/mol. The molecule has 4 nitrogen and oxygen atoms in total. The van der Waals surface area contributed by atoms with Gasteiger partial charge in [-0.2, -0.15) is 0 Å². The van der Waals surface area contributed by atoms with Gasteiger partial charge in [0.15, 0.2) is 12.5 Å². The van der Waals surface area contributed by atoms with Crippen LogP contribution in [0.3, 0.4) is 0 Å². The molecule has 5 heteroatoms. The summed E-state index contributed by atoms with van der Waals surface area (Å²) in [5, 5.41) is 9.17. The van der Waals surface area contributed by atoms with Crippen LogP contribution >= 0.6 is 0 Å². The second-order valence-corrected chi connectivity index (χ2v) is 2.89. The maximum atomic E-state index is 12.9. The fraction of sp³-hybridized carbons (Fsp3) is 1.00. The van der Waals surface area contributed by atoms with Gasteiger partial charge in [0.1, 0.15) is 12.2 Å². The van der Waals surface area contributed by atoms with Crippen molar-refractivity contribution in [3.63, 3.8) is 0 Å². The van der Waals surface area contributed by atoms with E-state index in [0.29, 0.717) is 0 Å². The van der Waals surface area contributed by atoms with Crippen molar-refractivity contribution < 1.29 is 19.0 Å². The highest BCUT2D eigenvalue weighted by Gasteiger charge is 2.48. The summed E-state index contributed by atoms with van der Waals surface area (Å²) in [6, 6.07) is -0.663. The van der Waals surface area contributed by atoms with Crippen molar-refractivity contribution in [2.75, 3.05) is 6.61 Å². The maximum Gasteiger partial charge on any atom is 0.192 e. The van der Waals surface area contributed by atoms with Gasteiger partial charge in [0.2, 0.25) is 0 Å². The second kappa shape index (κ2) is 2.38. The summed E-state index contributed by atoms with van der Waals surface area (Å²) >= 11 is 0. The number of aliphatic hydroxyl groups is 1. The van der Waals surface area contributed by atoms with Gasteiger partial charge in [-0.25, -0.2) is 4.39 Å². The van der Waals surface area contributed by atoms with E-state index in [1.54, 1.807) is 0 Å².